The van der Waals surface area contributed by atoms with Crippen LogP contribution >= 0.6 is 0 Å². The van der Waals surface area contributed by atoms with Crippen LogP contribution in [0.2, 0.25) is 0 Å². The maximum absolute atomic E-state index is 11.0. The van der Waals surface area contributed by atoms with Crippen molar-refractivity contribution in [2.75, 3.05) is 12.9 Å². The van der Waals surface area contributed by atoms with E-state index in [0.717, 1.165) is 25.5 Å². The van der Waals surface area contributed by atoms with Crippen molar-refractivity contribution in [3.05, 3.63) is 0 Å². The molecule has 5 heteroatoms. The van der Waals surface area contributed by atoms with Crippen LogP contribution in [0.4, 0.5) is 0 Å². The standard InChI is InChI=1S/C8H16O4S/c1-3-4-5-6-8(9)7-12-13(2,10)11/h3-7H2,1-2H3. The fraction of sp³-hybridized carbons (Fsp3) is 0.875. The van der Waals surface area contributed by atoms with Crippen LogP contribution in [0.5, 0.6) is 0 Å². The molecule has 0 fully saturated rings. The van der Waals surface area contributed by atoms with E-state index >= 15 is 0 Å². The quantitative estimate of drug-likeness (QED) is 0.464. The molecule has 0 N–H and O–H groups in total. The van der Waals surface area contributed by atoms with E-state index in [4.69, 9.17) is 0 Å². The fourth-order valence-corrected chi connectivity index (χ4v) is 1.16. The van der Waals surface area contributed by atoms with E-state index in [-0.39, 0.29) is 12.4 Å². The van der Waals surface area contributed by atoms with Crippen LogP contribution in [0.1, 0.15) is 32.6 Å². The van der Waals surface area contributed by atoms with Crippen LogP contribution < -0.4 is 0 Å². The maximum atomic E-state index is 11.0. The van der Waals surface area contributed by atoms with Crippen molar-refractivity contribution >= 4 is 15.9 Å². The van der Waals surface area contributed by atoms with Gasteiger partial charge in [0.25, 0.3) is 10.1 Å². The number of carbonyl (C=O) groups is 1. The van der Waals surface area contributed by atoms with E-state index < -0.39 is 10.1 Å². The molecule has 0 aliphatic carbocycles. The molecule has 0 atom stereocenters. The Balaban J connectivity index is 3.53. The molecule has 13 heavy (non-hydrogen) atoms. The highest BCUT2D eigenvalue weighted by Crippen LogP contribution is 2.00. The second-order valence-corrected chi connectivity index (χ2v) is 4.61. The predicted octanol–water partition coefficient (Wildman–Crippen LogP) is 1.11. The van der Waals surface area contributed by atoms with Crippen LogP contribution in [0.3, 0.4) is 0 Å². The first kappa shape index (κ1) is 12.6. The Kier molecular flexibility index (Phi) is 5.90. The second kappa shape index (κ2) is 6.10. The monoisotopic (exact) mass is 208 g/mol. The van der Waals surface area contributed by atoms with Crippen molar-refractivity contribution in [3.8, 4) is 0 Å². The number of hydrogen-bond donors (Lipinski definition) is 0. The summed E-state index contributed by atoms with van der Waals surface area (Å²) < 4.78 is 25.3. The van der Waals surface area contributed by atoms with E-state index in [9.17, 15) is 13.2 Å². The number of rotatable bonds is 7. The summed E-state index contributed by atoms with van der Waals surface area (Å²) in [4.78, 5) is 11.0. The molecule has 0 spiro atoms. The third-order valence-electron chi connectivity index (χ3n) is 1.49. The molecular weight excluding hydrogens is 192 g/mol. The second-order valence-electron chi connectivity index (χ2n) is 2.96. The van der Waals surface area contributed by atoms with Crippen molar-refractivity contribution in [2.24, 2.45) is 0 Å². The average Bonchev–Trinajstić information content (AvgIpc) is 2.00. The Morgan fingerprint density at radius 3 is 2.38 bits per heavy atom. The molecule has 0 bridgehead atoms. The summed E-state index contributed by atoms with van der Waals surface area (Å²) in [6.07, 6.45) is 4.18. The van der Waals surface area contributed by atoms with Crippen molar-refractivity contribution < 1.29 is 17.4 Å². The zero-order valence-corrected chi connectivity index (χ0v) is 8.89. The molecular formula is C8H16O4S. The molecule has 0 aromatic carbocycles. The van der Waals surface area contributed by atoms with Crippen LogP contribution in [0.15, 0.2) is 0 Å². The third kappa shape index (κ3) is 9.49. The van der Waals surface area contributed by atoms with E-state index in [1.54, 1.807) is 0 Å². The van der Waals surface area contributed by atoms with Crippen LogP contribution in [0, 0.1) is 0 Å². The normalized spacial score (nSPS) is 11.5. The number of carbonyl (C=O) groups excluding carboxylic acids is 1. The van der Waals surface area contributed by atoms with Gasteiger partial charge in [0.2, 0.25) is 0 Å². The Morgan fingerprint density at radius 1 is 1.31 bits per heavy atom. The molecule has 0 aliphatic rings. The van der Waals surface area contributed by atoms with Gasteiger partial charge in [0.05, 0.1) is 6.26 Å². The van der Waals surface area contributed by atoms with Gasteiger partial charge < -0.3 is 0 Å². The highest BCUT2D eigenvalue weighted by atomic mass is 32.2. The highest BCUT2D eigenvalue weighted by Gasteiger charge is 2.06. The lowest BCUT2D eigenvalue weighted by molar-refractivity contribution is -0.121. The highest BCUT2D eigenvalue weighted by molar-refractivity contribution is 7.86. The van der Waals surface area contributed by atoms with E-state index in [2.05, 4.69) is 4.18 Å². The molecule has 0 aromatic rings. The minimum atomic E-state index is -3.47. The largest absolute Gasteiger partial charge is 0.297 e. The van der Waals surface area contributed by atoms with Gasteiger partial charge in [-0.2, -0.15) is 8.42 Å². The Hall–Kier alpha value is -0.420. The lowest BCUT2D eigenvalue weighted by Gasteiger charge is -1.99. The van der Waals surface area contributed by atoms with Gasteiger partial charge in [-0.05, 0) is 6.42 Å². The minimum Gasteiger partial charge on any atom is -0.297 e. The van der Waals surface area contributed by atoms with Crippen LogP contribution in [-0.4, -0.2) is 27.1 Å². The first-order valence-electron chi connectivity index (χ1n) is 4.32. The lowest BCUT2D eigenvalue weighted by atomic mass is 10.1. The molecule has 0 saturated carbocycles. The summed E-state index contributed by atoms with van der Waals surface area (Å²) in [6, 6.07) is 0. The Morgan fingerprint density at radius 2 is 1.92 bits per heavy atom. The number of hydrogen-bond acceptors (Lipinski definition) is 4. The van der Waals surface area contributed by atoms with E-state index in [0.29, 0.717) is 6.42 Å². The molecule has 0 saturated heterocycles. The number of ketones is 1. The number of Topliss-reactive ketones (excluding diaryl/α,β-unsaturated/α-hetero) is 1. The Bertz CT molecular complexity index is 243. The lowest BCUT2D eigenvalue weighted by Crippen LogP contribution is -2.12. The SMILES string of the molecule is CCCCCC(=O)COS(C)(=O)=O. The van der Waals surface area contributed by atoms with Gasteiger partial charge >= 0.3 is 0 Å². The Labute approximate surface area is 79.4 Å². The van der Waals surface area contributed by atoms with Crippen molar-refractivity contribution in [1.82, 2.24) is 0 Å². The van der Waals surface area contributed by atoms with Gasteiger partial charge in [-0.15, -0.1) is 0 Å². The van der Waals surface area contributed by atoms with E-state index in [1.807, 2.05) is 6.92 Å². The van der Waals surface area contributed by atoms with Gasteiger partial charge in [-0.25, -0.2) is 0 Å². The summed E-state index contributed by atoms with van der Waals surface area (Å²) in [6.45, 7) is 1.72. The third-order valence-corrected chi connectivity index (χ3v) is 2.04. The van der Waals surface area contributed by atoms with E-state index in [1.165, 1.54) is 0 Å². The molecule has 0 unspecified atom stereocenters. The van der Waals surface area contributed by atoms with Crippen LogP contribution in [0.25, 0.3) is 0 Å². The van der Waals surface area contributed by atoms with Gasteiger partial charge in [0.15, 0.2) is 5.78 Å². The van der Waals surface area contributed by atoms with Gasteiger partial charge in [0, 0.05) is 6.42 Å². The smallest absolute Gasteiger partial charge is 0.264 e. The minimum absolute atomic E-state index is 0.154. The summed E-state index contributed by atoms with van der Waals surface area (Å²) in [5.74, 6) is -0.154. The first-order valence-corrected chi connectivity index (χ1v) is 6.13. The zero-order valence-electron chi connectivity index (χ0n) is 8.08. The molecule has 0 amide bonds. The molecule has 0 aliphatic heterocycles. The summed E-state index contributed by atoms with van der Waals surface area (Å²) in [5, 5.41) is 0. The average molecular weight is 208 g/mol. The van der Waals surface area contributed by atoms with Crippen molar-refractivity contribution in [3.63, 3.8) is 0 Å². The molecule has 4 nitrogen and oxygen atoms in total. The summed E-state index contributed by atoms with van der Waals surface area (Å²) >= 11 is 0. The fourth-order valence-electron chi connectivity index (χ4n) is 0.817. The van der Waals surface area contributed by atoms with Crippen molar-refractivity contribution in [1.29, 1.82) is 0 Å². The molecule has 0 rings (SSSR count). The summed E-state index contributed by atoms with van der Waals surface area (Å²) in [5.41, 5.74) is 0. The van der Waals surface area contributed by atoms with Crippen LogP contribution in [-0.2, 0) is 19.1 Å². The number of unbranched alkanes of at least 4 members (excludes halogenated alkanes) is 2. The van der Waals surface area contributed by atoms with Crippen molar-refractivity contribution in [2.45, 2.75) is 32.6 Å². The zero-order chi connectivity index (χ0) is 10.3. The summed E-state index contributed by atoms with van der Waals surface area (Å²) in [7, 11) is -3.47. The maximum Gasteiger partial charge on any atom is 0.264 e. The molecule has 78 valence electrons. The first-order chi connectivity index (χ1) is 5.95. The van der Waals surface area contributed by atoms with Gasteiger partial charge in [-0.3, -0.25) is 8.98 Å². The molecule has 0 aromatic heterocycles. The molecule has 0 heterocycles. The van der Waals surface area contributed by atoms with Gasteiger partial charge in [-0.1, -0.05) is 19.8 Å². The van der Waals surface area contributed by atoms with Gasteiger partial charge in [0.1, 0.15) is 6.61 Å². The topological polar surface area (TPSA) is 60.4 Å². The molecule has 0 radical (unpaired) electrons. The predicted molar refractivity (Wildman–Crippen MR) is 49.9 cm³/mol.